The van der Waals surface area contributed by atoms with Crippen LogP contribution in [-0.4, -0.2) is 17.9 Å². The van der Waals surface area contributed by atoms with Gasteiger partial charge < -0.3 is 4.74 Å². The number of aryl methyl sites for hydroxylation is 1. The van der Waals surface area contributed by atoms with E-state index in [4.69, 9.17) is 4.74 Å². The normalized spacial score (nSPS) is 11.6. The van der Waals surface area contributed by atoms with Crippen LogP contribution in [0.3, 0.4) is 0 Å². The molecule has 0 aliphatic rings. The van der Waals surface area contributed by atoms with Crippen molar-refractivity contribution in [2.75, 3.05) is 0 Å². The molecule has 0 bridgehead atoms. The number of ether oxygens (including phenoxy) is 1. The number of hydrogen-bond donors (Lipinski definition) is 2. The Kier molecular flexibility index (Phi) is 6.10. The fraction of sp³-hybridized carbons (Fsp3) is 0.250. The van der Waals surface area contributed by atoms with Crippen LogP contribution in [0.15, 0.2) is 41.8 Å². The zero-order chi connectivity index (χ0) is 16.7. The lowest BCUT2D eigenvalue weighted by molar-refractivity contribution is -0.132. The second-order valence-corrected chi connectivity index (χ2v) is 5.84. The molecule has 0 aliphatic carbocycles. The van der Waals surface area contributed by atoms with E-state index in [1.54, 1.807) is 17.4 Å². The highest BCUT2D eigenvalue weighted by atomic mass is 32.1. The number of carbonyl (C=O) groups excluding carboxylic acids is 2. The highest BCUT2D eigenvalue weighted by Crippen LogP contribution is 2.16. The minimum atomic E-state index is -0.940. The van der Waals surface area contributed by atoms with Crippen LogP contribution in [0.5, 0.6) is 5.75 Å². The molecule has 5 nitrogen and oxygen atoms in total. The van der Waals surface area contributed by atoms with Gasteiger partial charge in [-0.3, -0.25) is 20.4 Å². The summed E-state index contributed by atoms with van der Waals surface area (Å²) in [5.74, 6) is -1.42. The molecule has 1 heterocycles. The predicted octanol–water partition coefficient (Wildman–Crippen LogP) is 2.43. The third kappa shape index (κ3) is 5.37. The van der Waals surface area contributed by atoms with Crippen molar-refractivity contribution < 1.29 is 18.7 Å². The summed E-state index contributed by atoms with van der Waals surface area (Å²) < 4.78 is 18.7. The van der Waals surface area contributed by atoms with E-state index in [0.29, 0.717) is 6.42 Å². The Morgan fingerprint density at radius 2 is 2.00 bits per heavy atom. The lowest BCUT2D eigenvalue weighted by atomic mass is 10.2. The summed E-state index contributed by atoms with van der Waals surface area (Å²) in [6.45, 7) is 1.47. The molecule has 0 fully saturated rings. The summed E-state index contributed by atoms with van der Waals surface area (Å²) in [7, 11) is 0. The van der Waals surface area contributed by atoms with Crippen molar-refractivity contribution in [3.8, 4) is 5.75 Å². The van der Waals surface area contributed by atoms with Crippen molar-refractivity contribution in [3.63, 3.8) is 0 Å². The Bertz CT molecular complexity index is 661. The minimum Gasteiger partial charge on any atom is -0.478 e. The molecule has 2 N–H and O–H groups in total. The van der Waals surface area contributed by atoms with E-state index in [1.165, 1.54) is 25.1 Å². The molecule has 0 aliphatic heterocycles. The van der Waals surface area contributed by atoms with E-state index in [2.05, 4.69) is 10.9 Å². The van der Waals surface area contributed by atoms with Crippen LogP contribution in [0.25, 0.3) is 0 Å². The molecular formula is C16H17FN2O3S. The monoisotopic (exact) mass is 336 g/mol. The molecule has 2 amide bonds. The average molecular weight is 336 g/mol. The summed E-state index contributed by atoms with van der Waals surface area (Å²) in [6.07, 6.45) is -0.0613. The van der Waals surface area contributed by atoms with E-state index >= 15 is 0 Å². The first-order valence-electron chi connectivity index (χ1n) is 7.08. The van der Waals surface area contributed by atoms with Crippen LogP contribution < -0.4 is 15.6 Å². The molecule has 0 spiro atoms. The Hall–Kier alpha value is -2.41. The molecule has 122 valence electrons. The zero-order valence-corrected chi connectivity index (χ0v) is 13.4. The number of nitrogens with one attached hydrogen (secondary N) is 2. The lowest BCUT2D eigenvalue weighted by Crippen LogP contribution is -2.47. The summed E-state index contributed by atoms with van der Waals surface area (Å²) >= 11 is 1.57. The SMILES string of the molecule is CC(Oc1ccccc1F)C(=O)NNC(=O)CCc1cccs1. The van der Waals surface area contributed by atoms with Gasteiger partial charge in [0.05, 0.1) is 0 Å². The molecule has 0 saturated carbocycles. The Balaban J connectivity index is 1.73. The predicted molar refractivity (Wildman–Crippen MR) is 85.4 cm³/mol. The second kappa shape index (κ2) is 8.28. The Morgan fingerprint density at radius 3 is 2.70 bits per heavy atom. The maximum absolute atomic E-state index is 13.4. The fourth-order valence-electron chi connectivity index (χ4n) is 1.77. The topological polar surface area (TPSA) is 67.4 Å². The van der Waals surface area contributed by atoms with Crippen LogP contribution in [0.4, 0.5) is 4.39 Å². The summed E-state index contributed by atoms with van der Waals surface area (Å²) in [6, 6.07) is 9.67. The van der Waals surface area contributed by atoms with Crippen molar-refractivity contribution in [2.24, 2.45) is 0 Å². The van der Waals surface area contributed by atoms with E-state index in [9.17, 15) is 14.0 Å². The third-order valence-corrected chi connectivity index (χ3v) is 3.95. The summed E-state index contributed by atoms with van der Waals surface area (Å²) in [5.41, 5.74) is 4.59. The number of carbonyl (C=O) groups is 2. The van der Waals surface area contributed by atoms with Crippen LogP contribution in [0.1, 0.15) is 18.2 Å². The number of hydrazine groups is 1. The molecule has 0 saturated heterocycles. The first-order valence-corrected chi connectivity index (χ1v) is 7.96. The van der Waals surface area contributed by atoms with Crippen molar-refractivity contribution in [2.45, 2.75) is 25.9 Å². The number of benzene rings is 1. The zero-order valence-electron chi connectivity index (χ0n) is 12.5. The van der Waals surface area contributed by atoms with Gasteiger partial charge in [-0.25, -0.2) is 4.39 Å². The highest BCUT2D eigenvalue weighted by Gasteiger charge is 2.17. The number of rotatable bonds is 6. The van der Waals surface area contributed by atoms with Crippen molar-refractivity contribution in [1.29, 1.82) is 0 Å². The number of hydrogen-bond acceptors (Lipinski definition) is 4. The van der Waals surface area contributed by atoms with E-state index in [1.807, 2.05) is 17.5 Å². The highest BCUT2D eigenvalue weighted by molar-refractivity contribution is 7.09. The fourth-order valence-corrected chi connectivity index (χ4v) is 2.48. The number of para-hydroxylation sites is 1. The van der Waals surface area contributed by atoms with Crippen LogP contribution in [0.2, 0.25) is 0 Å². The Labute approximate surface area is 137 Å². The largest absolute Gasteiger partial charge is 0.478 e. The van der Waals surface area contributed by atoms with Gasteiger partial charge in [0.1, 0.15) is 0 Å². The summed E-state index contributed by atoms with van der Waals surface area (Å²) in [4.78, 5) is 24.6. The van der Waals surface area contributed by atoms with E-state index in [-0.39, 0.29) is 18.1 Å². The molecule has 2 rings (SSSR count). The van der Waals surface area contributed by atoms with Crippen molar-refractivity contribution >= 4 is 23.2 Å². The molecular weight excluding hydrogens is 319 g/mol. The average Bonchev–Trinajstić information content (AvgIpc) is 3.06. The maximum atomic E-state index is 13.4. The van der Waals surface area contributed by atoms with Crippen LogP contribution in [-0.2, 0) is 16.0 Å². The van der Waals surface area contributed by atoms with Gasteiger partial charge in [-0.15, -0.1) is 11.3 Å². The molecule has 2 aromatic rings. The first-order chi connectivity index (χ1) is 11.1. The van der Waals surface area contributed by atoms with Gasteiger partial charge in [0, 0.05) is 11.3 Å². The van der Waals surface area contributed by atoms with Crippen LogP contribution in [0, 0.1) is 5.82 Å². The van der Waals surface area contributed by atoms with Gasteiger partial charge in [0.2, 0.25) is 5.91 Å². The van der Waals surface area contributed by atoms with Gasteiger partial charge in [-0.1, -0.05) is 18.2 Å². The quantitative estimate of drug-likeness (QED) is 0.796. The summed E-state index contributed by atoms with van der Waals surface area (Å²) in [5, 5.41) is 1.94. The molecule has 1 aromatic carbocycles. The second-order valence-electron chi connectivity index (χ2n) is 4.81. The van der Waals surface area contributed by atoms with E-state index in [0.717, 1.165) is 4.88 Å². The molecule has 1 aromatic heterocycles. The smallest absolute Gasteiger partial charge is 0.279 e. The van der Waals surface area contributed by atoms with Gasteiger partial charge in [-0.05, 0) is 36.9 Å². The van der Waals surface area contributed by atoms with E-state index < -0.39 is 17.8 Å². The van der Waals surface area contributed by atoms with Gasteiger partial charge in [-0.2, -0.15) is 0 Å². The maximum Gasteiger partial charge on any atom is 0.279 e. The molecule has 7 heteroatoms. The van der Waals surface area contributed by atoms with Gasteiger partial charge in [0.15, 0.2) is 17.7 Å². The standard InChI is InChI=1S/C16H17FN2O3S/c1-11(22-14-7-3-2-6-13(14)17)16(21)19-18-15(20)9-8-12-5-4-10-23-12/h2-7,10-11H,8-9H2,1H3,(H,18,20)(H,19,21). The van der Waals surface area contributed by atoms with Gasteiger partial charge >= 0.3 is 0 Å². The van der Waals surface area contributed by atoms with Gasteiger partial charge in [0.25, 0.3) is 5.91 Å². The number of halogens is 1. The molecule has 0 radical (unpaired) electrons. The third-order valence-electron chi connectivity index (χ3n) is 3.01. The molecule has 23 heavy (non-hydrogen) atoms. The number of amides is 2. The number of thiophene rings is 1. The lowest BCUT2D eigenvalue weighted by Gasteiger charge is -2.15. The van der Waals surface area contributed by atoms with Crippen molar-refractivity contribution in [1.82, 2.24) is 10.9 Å². The van der Waals surface area contributed by atoms with Crippen molar-refractivity contribution in [3.05, 3.63) is 52.5 Å². The Morgan fingerprint density at radius 1 is 1.22 bits per heavy atom. The molecule has 1 atom stereocenters. The first kappa shape index (κ1) is 17.0. The minimum absolute atomic E-state index is 0.0147. The van der Waals surface area contributed by atoms with Crippen LogP contribution >= 0.6 is 11.3 Å². The molecule has 1 unspecified atom stereocenters.